The highest BCUT2D eigenvalue weighted by atomic mass is 35.5. The molecule has 3 N–H and O–H groups in total. The third kappa shape index (κ3) is 6.07. The van der Waals surface area contributed by atoms with Crippen molar-refractivity contribution < 1.29 is 33.7 Å². The molecular weight excluding hydrogens is 383 g/mol. The van der Waals surface area contributed by atoms with E-state index in [0.717, 1.165) is 0 Å². The zero-order valence-electron chi connectivity index (χ0n) is 14.4. The molecular formula is C17H20ClFN2O6. The van der Waals surface area contributed by atoms with Crippen molar-refractivity contribution in [2.24, 2.45) is 0 Å². The number of aliphatic carboxylic acids is 1. The molecule has 8 nitrogen and oxygen atoms in total. The number of nitrogens with one attached hydrogen (secondary N) is 1. The minimum atomic E-state index is -1.54. The zero-order chi connectivity index (χ0) is 20.0. The zero-order valence-corrected chi connectivity index (χ0v) is 15.2. The normalized spacial score (nSPS) is 16.5. The molecule has 1 aliphatic heterocycles. The molecule has 1 aliphatic rings. The first-order chi connectivity index (χ1) is 12.7. The Hall–Kier alpha value is -2.39. The van der Waals surface area contributed by atoms with Crippen LogP contribution in [0.3, 0.4) is 0 Å². The van der Waals surface area contributed by atoms with Crippen LogP contribution in [0.15, 0.2) is 18.2 Å². The van der Waals surface area contributed by atoms with E-state index >= 15 is 0 Å². The maximum absolute atomic E-state index is 13.9. The van der Waals surface area contributed by atoms with Crippen molar-refractivity contribution in [2.75, 3.05) is 19.6 Å². The lowest BCUT2D eigenvalue weighted by Crippen LogP contribution is -2.58. The Morgan fingerprint density at radius 1 is 1.26 bits per heavy atom. The maximum atomic E-state index is 13.9. The second kappa shape index (κ2) is 9.01. The number of carbonyl (C=O) groups excluding carboxylic acids is 1. The van der Waals surface area contributed by atoms with E-state index < -0.39 is 29.6 Å². The van der Waals surface area contributed by atoms with Gasteiger partial charge in [-0.15, -0.1) is 0 Å². The second-order valence-corrected chi connectivity index (χ2v) is 6.68. The lowest BCUT2D eigenvalue weighted by molar-refractivity contribution is -0.137. The predicted molar refractivity (Wildman–Crippen MR) is 93.0 cm³/mol. The van der Waals surface area contributed by atoms with E-state index in [1.807, 2.05) is 4.90 Å². The van der Waals surface area contributed by atoms with Crippen LogP contribution in [0.25, 0.3) is 0 Å². The number of halogens is 2. The second-order valence-electron chi connectivity index (χ2n) is 6.27. The lowest BCUT2D eigenvalue weighted by atomic mass is 9.99. The van der Waals surface area contributed by atoms with Crippen LogP contribution in [-0.4, -0.2) is 58.5 Å². The van der Waals surface area contributed by atoms with Gasteiger partial charge in [0.2, 0.25) is 5.91 Å². The van der Waals surface area contributed by atoms with Crippen LogP contribution in [-0.2, 0) is 20.7 Å². The largest absolute Gasteiger partial charge is 0.507 e. The number of hydrogen-bond acceptors (Lipinski definition) is 5. The molecule has 0 spiro atoms. The van der Waals surface area contributed by atoms with E-state index in [4.69, 9.17) is 26.6 Å². The van der Waals surface area contributed by atoms with E-state index in [-0.39, 0.29) is 36.3 Å². The molecule has 1 amide bonds. The van der Waals surface area contributed by atoms with Crippen LogP contribution in [0.2, 0.25) is 5.02 Å². The fraction of sp³-hybridized carbons (Fsp3) is 0.471. The van der Waals surface area contributed by atoms with Gasteiger partial charge in [-0.25, -0.2) is 9.18 Å². The van der Waals surface area contributed by atoms with Crippen molar-refractivity contribution in [3.05, 3.63) is 34.6 Å². The van der Waals surface area contributed by atoms with Crippen molar-refractivity contribution in [1.29, 1.82) is 0 Å². The average molecular weight is 403 g/mol. The smallest absolute Gasteiger partial charge is 0.481 e. The summed E-state index contributed by atoms with van der Waals surface area (Å²) < 4.78 is 18.8. The standard InChI is InChI=1S/C17H20ClFN2O6/c18-12-2-1-3-13(19)11(12)10-14(22)20-17(27-16(25)26)5-8-21(9-6-17)7-4-15(23)24/h1-3H,4-10H2,(H,20,22)(H,23,24)(H,25,26). The van der Waals surface area contributed by atoms with E-state index in [1.165, 1.54) is 18.2 Å². The summed E-state index contributed by atoms with van der Waals surface area (Å²) in [6.45, 7) is 1.01. The first-order valence-electron chi connectivity index (χ1n) is 8.31. The van der Waals surface area contributed by atoms with Gasteiger partial charge < -0.3 is 25.2 Å². The molecule has 0 bridgehead atoms. The molecule has 10 heteroatoms. The summed E-state index contributed by atoms with van der Waals surface area (Å²) in [5, 5.41) is 20.4. The number of amides is 1. The number of likely N-dealkylation sites (tertiary alicyclic amines) is 1. The fourth-order valence-electron chi connectivity index (χ4n) is 2.97. The van der Waals surface area contributed by atoms with Gasteiger partial charge in [0.15, 0.2) is 5.72 Å². The van der Waals surface area contributed by atoms with E-state index in [9.17, 15) is 18.8 Å². The van der Waals surface area contributed by atoms with Crippen molar-refractivity contribution in [2.45, 2.75) is 31.4 Å². The Kier molecular flexibility index (Phi) is 6.98. The molecule has 1 aromatic rings. The molecule has 148 valence electrons. The molecule has 0 aliphatic carbocycles. The molecule has 2 rings (SSSR count). The highest BCUT2D eigenvalue weighted by molar-refractivity contribution is 6.31. The quantitative estimate of drug-likeness (QED) is 0.472. The molecule has 1 fully saturated rings. The molecule has 27 heavy (non-hydrogen) atoms. The molecule has 0 atom stereocenters. The third-order valence-corrected chi connectivity index (χ3v) is 4.71. The Morgan fingerprint density at radius 2 is 1.93 bits per heavy atom. The number of carboxylic acids is 1. The number of carbonyl (C=O) groups is 3. The fourth-order valence-corrected chi connectivity index (χ4v) is 3.20. The summed E-state index contributed by atoms with van der Waals surface area (Å²) in [4.78, 5) is 35.9. The van der Waals surface area contributed by atoms with Gasteiger partial charge in [-0.05, 0) is 12.1 Å². The predicted octanol–water partition coefficient (Wildman–Crippen LogP) is 2.10. The molecule has 0 radical (unpaired) electrons. The summed E-state index contributed by atoms with van der Waals surface area (Å²) in [5.74, 6) is -2.18. The summed E-state index contributed by atoms with van der Waals surface area (Å²) in [6.07, 6.45) is -1.65. The topological polar surface area (TPSA) is 116 Å². The number of carboxylic acid groups (broad SMARTS) is 2. The van der Waals surface area contributed by atoms with Crippen molar-refractivity contribution in [3.63, 3.8) is 0 Å². The Labute approximate surface area is 159 Å². The number of hydrogen-bond donors (Lipinski definition) is 3. The summed E-state index contributed by atoms with van der Waals surface area (Å²) >= 11 is 5.91. The first kappa shape index (κ1) is 20.9. The molecule has 1 heterocycles. The Bertz CT molecular complexity index is 701. The first-order valence-corrected chi connectivity index (χ1v) is 8.68. The number of ether oxygens (including phenoxy) is 1. The van der Waals surface area contributed by atoms with Crippen LogP contribution >= 0.6 is 11.6 Å². The highest BCUT2D eigenvalue weighted by Crippen LogP contribution is 2.25. The lowest BCUT2D eigenvalue weighted by Gasteiger charge is -2.40. The van der Waals surface area contributed by atoms with Crippen molar-refractivity contribution >= 4 is 29.6 Å². The molecule has 1 aromatic carbocycles. The number of benzene rings is 1. The van der Waals surface area contributed by atoms with E-state index in [0.29, 0.717) is 19.6 Å². The van der Waals surface area contributed by atoms with Gasteiger partial charge in [0.25, 0.3) is 0 Å². The van der Waals surface area contributed by atoms with Gasteiger partial charge in [0, 0.05) is 43.1 Å². The third-order valence-electron chi connectivity index (χ3n) is 4.35. The SMILES string of the molecule is O=C(O)CCN1CCC(NC(=O)Cc2c(F)cccc2Cl)(OC(=O)O)CC1. The van der Waals surface area contributed by atoms with Gasteiger partial charge in [0.1, 0.15) is 5.82 Å². The minimum Gasteiger partial charge on any atom is -0.481 e. The highest BCUT2D eigenvalue weighted by Gasteiger charge is 2.40. The number of piperidine rings is 1. The minimum absolute atomic E-state index is 0.0148. The van der Waals surface area contributed by atoms with Crippen LogP contribution in [0.4, 0.5) is 9.18 Å². The number of rotatable bonds is 7. The summed E-state index contributed by atoms with van der Waals surface area (Å²) in [6, 6.07) is 4.05. The van der Waals surface area contributed by atoms with E-state index in [1.54, 1.807) is 0 Å². The number of nitrogens with zero attached hydrogens (tertiary/aromatic N) is 1. The van der Waals surface area contributed by atoms with Gasteiger partial charge in [-0.2, -0.15) is 0 Å². The van der Waals surface area contributed by atoms with Gasteiger partial charge in [-0.1, -0.05) is 17.7 Å². The van der Waals surface area contributed by atoms with Crippen molar-refractivity contribution in [3.8, 4) is 0 Å². The maximum Gasteiger partial charge on any atom is 0.507 e. The van der Waals surface area contributed by atoms with E-state index in [2.05, 4.69) is 5.32 Å². The molecule has 0 aromatic heterocycles. The monoisotopic (exact) mass is 402 g/mol. The molecule has 0 saturated carbocycles. The van der Waals surface area contributed by atoms with Crippen LogP contribution in [0.5, 0.6) is 0 Å². The Morgan fingerprint density at radius 3 is 2.48 bits per heavy atom. The summed E-state index contributed by atoms with van der Waals surface area (Å²) in [7, 11) is 0. The van der Waals surface area contributed by atoms with Gasteiger partial charge in [-0.3, -0.25) is 9.59 Å². The van der Waals surface area contributed by atoms with Crippen LogP contribution in [0, 0.1) is 5.82 Å². The molecule has 1 saturated heterocycles. The molecule has 0 unspecified atom stereocenters. The Balaban J connectivity index is 2.03. The summed E-state index contributed by atoms with van der Waals surface area (Å²) in [5.41, 5.74) is -1.43. The average Bonchev–Trinajstić information content (AvgIpc) is 2.57. The van der Waals surface area contributed by atoms with Crippen molar-refractivity contribution in [1.82, 2.24) is 10.2 Å². The van der Waals surface area contributed by atoms with Gasteiger partial charge >= 0.3 is 12.1 Å². The van der Waals surface area contributed by atoms with Crippen LogP contribution in [0.1, 0.15) is 24.8 Å². The van der Waals surface area contributed by atoms with Gasteiger partial charge in [0.05, 0.1) is 12.8 Å². The van der Waals surface area contributed by atoms with Crippen LogP contribution < -0.4 is 5.32 Å².